The smallest absolute Gasteiger partial charge is 0.290 e. The second kappa shape index (κ2) is 5.46. The molecule has 2 aromatic rings. The highest BCUT2D eigenvalue weighted by atomic mass is 16.5. The third-order valence-corrected chi connectivity index (χ3v) is 3.63. The molecule has 0 bridgehead atoms. The Hall–Kier alpha value is -2.14. The van der Waals surface area contributed by atoms with Crippen molar-refractivity contribution in [3.05, 3.63) is 42.2 Å². The number of carbonyl (C=O) groups is 1. The number of benzene rings is 1. The molecule has 1 aromatic carbocycles. The third kappa shape index (κ3) is 2.58. The Labute approximate surface area is 116 Å². The maximum Gasteiger partial charge on any atom is 0.290 e. The van der Waals surface area contributed by atoms with Gasteiger partial charge in [-0.2, -0.15) is 0 Å². The Balaban J connectivity index is 1.64. The summed E-state index contributed by atoms with van der Waals surface area (Å²) in [6.45, 7) is 0.187. The quantitative estimate of drug-likeness (QED) is 0.890. The molecule has 0 unspecified atom stereocenters. The van der Waals surface area contributed by atoms with Gasteiger partial charge in [0.1, 0.15) is 5.69 Å². The second-order valence-electron chi connectivity index (χ2n) is 5.13. The van der Waals surface area contributed by atoms with Gasteiger partial charge in [0.25, 0.3) is 5.91 Å². The van der Waals surface area contributed by atoms with Crippen LogP contribution in [0.3, 0.4) is 0 Å². The van der Waals surface area contributed by atoms with Gasteiger partial charge in [-0.25, -0.2) is 0 Å². The maximum atomic E-state index is 12.0. The molecule has 2 N–H and O–H groups in total. The summed E-state index contributed by atoms with van der Waals surface area (Å²) in [4.78, 5) is 12.0. The van der Waals surface area contributed by atoms with E-state index < -0.39 is 0 Å². The summed E-state index contributed by atoms with van der Waals surface area (Å²) in [7, 11) is 0. The van der Waals surface area contributed by atoms with Crippen LogP contribution in [0.25, 0.3) is 11.3 Å². The molecular formula is C15H16N2O3. The van der Waals surface area contributed by atoms with Crippen LogP contribution in [-0.4, -0.2) is 28.8 Å². The van der Waals surface area contributed by atoms with Crippen LogP contribution >= 0.6 is 0 Å². The van der Waals surface area contributed by atoms with Crippen molar-refractivity contribution in [2.24, 2.45) is 5.92 Å². The van der Waals surface area contributed by atoms with Crippen molar-refractivity contribution in [3.8, 4) is 11.3 Å². The average molecular weight is 272 g/mol. The first-order valence-corrected chi connectivity index (χ1v) is 6.70. The van der Waals surface area contributed by atoms with Crippen LogP contribution in [0, 0.1) is 5.92 Å². The summed E-state index contributed by atoms with van der Waals surface area (Å²) >= 11 is 0. The van der Waals surface area contributed by atoms with Crippen LogP contribution in [-0.2, 0) is 0 Å². The number of hydrogen-bond donors (Lipinski definition) is 2. The van der Waals surface area contributed by atoms with Crippen molar-refractivity contribution in [1.82, 2.24) is 10.5 Å². The number of hydrogen-bond acceptors (Lipinski definition) is 4. The molecule has 1 aromatic heterocycles. The first kappa shape index (κ1) is 12.9. The average Bonchev–Trinajstić information content (AvgIpc) is 2.93. The third-order valence-electron chi connectivity index (χ3n) is 3.63. The monoisotopic (exact) mass is 272 g/mol. The van der Waals surface area contributed by atoms with Crippen molar-refractivity contribution in [2.75, 3.05) is 6.61 Å². The van der Waals surface area contributed by atoms with Gasteiger partial charge in [-0.15, -0.1) is 0 Å². The largest absolute Gasteiger partial charge is 0.396 e. The fourth-order valence-electron chi connectivity index (χ4n) is 2.39. The van der Waals surface area contributed by atoms with Crippen molar-refractivity contribution < 1.29 is 14.4 Å². The van der Waals surface area contributed by atoms with E-state index in [2.05, 4.69) is 10.5 Å². The number of aliphatic hydroxyl groups excluding tert-OH is 1. The molecule has 20 heavy (non-hydrogen) atoms. The molecule has 5 heteroatoms. The predicted molar refractivity (Wildman–Crippen MR) is 73.0 cm³/mol. The molecule has 3 rings (SSSR count). The van der Waals surface area contributed by atoms with Crippen LogP contribution in [0.1, 0.15) is 23.4 Å². The summed E-state index contributed by atoms with van der Waals surface area (Å²) in [5, 5.41) is 15.7. The Kier molecular flexibility index (Phi) is 3.52. The van der Waals surface area contributed by atoms with E-state index in [0.29, 0.717) is 11.6 Å². The molecule has 1 saturated carbocycles. The lowest BCUT2D eigenvalue weighted by Gasteiger charge is -2.34. The Morgan fingerprint density at radius 1 is 1.35 bits per heavy atom. The maximum absolute atomic E-state index is 12.0. The SMILES string of the molecule is O=C(N[C@H]1C[C@@H](CO)C1)c1cc(-c2ccccc2)no1. The Morgan fingerprint density at radius 2 is 2.10 bits per heavy atom. The van der Waals surface area contributed by atoms with Crippen LogP contribution in [0.5, 0.6) is 0 Å². The summed E-state index contributed by atoms with van der Waals surface area (Å²) in [6.07, 6.45) is 1.64. The summed E-state index contributed by atoms with van der Waals surface area (Å²) in [5.74, 6) is 0.285. The van der Waals surface area contributed by atoms with Gasteiger partial charge in [0.15, 0.2) is 0 Å². The van der Waals surface area contributed by atoms with Crippen molar-refractivity contribution in [1.29, 1.82) is 0 Å². The molecule has 1 aliphatic carbocycles. The molecule has 0 spiro atoms. The van der Waals surface area contributed by atoms with Gasteiger partial charge in [-0.05, 0) is 18.8 Å². The van der Waals surface area contributed by atoms with Crippen LogP contribution in [0.15, 0.2) is 40.9 Å². The molecule has 0 radical (unpaired) electrons. The number of amides is 1. The molecule has 1 amide bonds. The number of aliphatic hydroxyl groups is 1. The molecule has 0 aliphatic heterocycles. The summed E-state index contributed by atoms with van der Waals surface area (Å²) in [5.41, 5.74) is 1.57. The van der Waals surface area contributed by atoms with E-state index in [-0.39, 0.29) is 24.3 Å². The topological polar surface area (TPSA) is 75.4 Å². The predicted octanol–water partition coefficient (Wildman–Crippen LogP) is 1.84. The van der Waals surface area contributed by atoms with E-state index in [1.807, 2.05) is 30.3 Å². The minimum Gasteiger partial charge on any atom is -0.396 e. The number of aromatic nitrogens is 1. The lowest BCUT2D eigenvalue weighted by molar-refractivity contribution is 0.0798. The normalized spacial score (nSPS) is 21.2. The second-order valence-corrected chi connectivity index (χ2v) is 5.13. The molecule has 0 atom stereocenters. The van der Waals surface area contributed by atoms with Crippen molar-refractivity contribution in [2.45, 2.75) is 18.9 Å². The van der Waals surface area contributed by atoms with Crippen LogP contribution < -0.4 is 5.32 Å². The zero-order valence-electron chi connectivity index (χ0n) is 11.0. The lowest BCUT2D eigenvalue weighted by atomic mass is 9.81. The van der Waals surface area contributed by atoms with E-state index in [1.165, 1.54) is 0 Å². The first-order chi connectivity index (χ1) is 9.76. The fraction of sp³-hybridized carbons (Fsp3) is 0.333. The Morgan fingerprint density at radius 3 is 2.80 bits per heavy atom. The highest BCUT2D eigenvalue weighted by Gasteiger charge is 2.30. The first-order valence-electron chi connectivity index (χ1n) is 6.70. The van der Waals surface area contributed by atoms with Gasteiger partial charge in [-0.3, -0.25) is 4.79 Å². The number of nitrogens with zero attached hydrogens (tertiary/aromatic N) is 1. The molecule has 1 heterocycles. The van der Waals surface area contributed by atoms with Crippen molar-refractivity contribution >= 4 is 5.91 Å². The molecule has 5 nitrogen and oxygen atoms in total. The van der Waals surface area contributed by atoms with E-state index in [0.717, 1.165) is 18.4 Å². The number of carbonyl (C=O) groups excluding carboxylic acids is 1. The molecule has 1 fully saturated rings. The van der Waals surface area contributed by atoms with E-state index in [1.54, 1.807) is 6.07 Å². The lowest BCUT2D eigenvalue weighted by Crippen LogP contribution is -2.45. The standard InChI is InChI=1S/C15H16N2O3/c18-9-10-6-12(7-10)16-15(19)14-8-13(17-20-14)11-4-2-1-3-5-11/h1-5,8,10,12,18H,6-7,9H2,(H,16,19)/t10-,12+. The van der Waals surface area contributed by atoms with Gasteiger partial charge in [0.05, 0.1) is 0 Å². The highest BCUT2D eigenvalue weighted by Crippen LogP contribution is 2.27. The van der Waals surface area contributed by atoms with Gasteiger partial charge in [0.2, 0.25) is 5.76 Å². The van der Waals surface area contributed by atoms with E-state index >= 15 is 0 Å². The number of rotatable bonds is 4. The van der Waals surface area contributed by atoms with Gasteiger partial charge >= 0.3 is 0 Å². The van der Waals surface area contributed by atoms with Crippen LogP contribution in [0.2, 0.25) is 0 Å². The van der Waals surface area contributed by atoms with Crippen LogP contribution in [0.4, 0.5) is 0 Å². The highest BCUT2D eigenvalue weighted by molar-refractivity contribution is 5.92. The zero-order valence-corrected chi connectivity index (χ0v) is 11.0. The molecule has 0 saturated heterocycles. The van der Waals surface area contributed by atoms with Gasteiger partial charge in [-0.1, -0.05) is 35.5 Å². The van der Waals surface area contributed by atoms with Crippen molar-refractivity contribution in [3.63, 3.8) is 0 Å². The van der Waals surface area contributed by atoms with Gasteiger partial charge in [0, 0.05) is 24.3 Å². The Bertz CT molecular complexity index is 588. The minimum absolute atomic E-state index is 0.130. The fourth-order valence-corrected chi connectivity index (χ4v) is 2.39. The molecular weight excluding hydrogens is 256 g/mol. The molecule has 104 valence electrons. The summed E-state index contributed by atoms with van der Waals surface area (Å²) in [6, 6.07) is 11.3. The van der Waals surface area contributed by atoms with E-state index in [9.17, 15) is 4.79 Å². The van der Waals surface area contributed by atoms with Gasteiger partial charge < -0.3 is 14.9 Å². The molecule has 1 aliphatic rings. The zero-order chi connectivity index (χ0) is 13.9. The minimum atomic E-state index is -0.249. The summed E-state index contributed by atoms with van der Waals surface area (Å²) < 4.78 is 5.09. The van der Waals surface area contributed by atoms with E-state index in [4.69, 9.17) is 9.63 Å². The number of nitrogens with one attached hydrogen (secondary N) is 1.